The Labute approximate surface area is 165 Å². The van der Waals surface area contributed by atoms with E-state index in [0.717, 1.165) is 0 Å². The Morgan fingerprint density at radius 1 is 1.17 bits per heavy atom. The highest BCUT2D eigenvalue weighted by atomic mass is 19.1. The van der Waals surface area contributed by atoms with Crippen molar-refractivity contribution in [3.63, 3.8) is 0 Å². The average molecular weight is 394 g/mol. The average Bonchev–Trinajstić information content (AvgIpc) is 2.97. The van der Waals surface area contributed by atoms with Gasteiger partial charge in [-0.2, -0.15) is 0 Å². The Morgan fingerprint density at radius 3 is 2.59 bits per heavy atom. The van der Waals surface area contributed by atoms with Gasteiger partial charge in [0.25, 0.3) is 0 Å². The Morgan fingerprint density at radius 2 is 1.90 bits per heavy atom. The van der Waals surface area contributed by atoms with Crippen LogP contribution in [0.4, 0.5) is 10.2 Å². The van der Waals surface area contributed by atoms with Gasteiger partial charge in [0.05, 0.1) is 23.3 Å². The van der Waals surface area contributed by atoms with E-state index < -0.39 is 17.9 Å². The molecule has 148 valence electrons. The van der Waals surface area contributed by atoms with Crippen molar-refractivity contribution in [3.8, 4) is 5.69 Å². The van der Waals surface area contributed by atoms with E-state index in [-0.39, 0.29) is 18.0 Å². The number of esters is 1. The standard InChI is InChI=1S/C21H19FN4O3/c1-12(11-28-2)29-21(27)17-18-20(25-16-9-4-3-8-15(16)24-18)26(19(17)23)14-7-5-6-13(22)10-14/h3-10,12H,11,23H2,1-2H3/t12-/m0/s1. The molecule has 1 atom stereocenters. The molecule has 0 aliphatic heterocycles. The summed E-state index contributed by atoms with van der Waals surface area (Å²) in [5.41, 5.74) is 8.73. The second kappa shape index (κ2) is 7.48. The molecule has 2 N–H and O–H groups in total. The number of ether oxygens (including phenoxy) is 2. The van der Waals surface area contributed by atoms with Gasteiger partial charge in [-0.25, -0.2) is 19.2 Å². The molecule has 29 heavy (non-hydrogen) atoms. The first-order chi connectivity index (χ1) is 14.0. The lowest BCUT2D eigenvalue weighted by atomic mass is 10.2. The Bertz CT molecular complexity index is 1220. The van der Waals surface area contributed by atoms with Crippen LogP contribution >= 0.6 is 0 Å². The molecule has 0 spiro atoms. The molecule has 0 saturated heterocycles. The van der Waals surface area contributed by atoms with Crippen molar-refractivity contribution in [2.24, 2.45) is 0 Å². The van der Waals surface area contributed by atoms with Gasteiger partial charge in [-0.1, -0.05) is 18.2 Å². The normalized spacial score (nSPS) is 12.4. The molecule has 2 aromatic carbocycles. The monoisotopic (exact) mass is 394 g/mol. The van der Waals surface area contributed by atoms with Gasteiger partial charge in [0.1, 0.15) is 28.8 Å². The summed E-state index contributed by atoms with van der Waals surface area (Å²) < 4.78 is 25.8. The molecule has 0 amide bonds. The van der Waals surface area contributed by atoms with E-state index in [9.17, 15) is 9.18 Å². The summed E-state index contributed by atoms with van der Waals surface area (Å²) in [6.45, 7) is 1.95. The summed E-state index contributed by atoms with van der Waals surface area (Å²) in [4.78, 5) is 22.1. The maximum absolute atomic E-state index is 13.9. The van der Waals surface area contributed by atoms with Gasteiger partial charge in [-0.3, -0.25) is 4.57 Å². The van der Waals surface area contributed by atoms with Gasteiger partial charge in [0, 0.05) is 7.11 Å². The van der Waals surface area contributed by atoms with Crippen molar-refractivity contribution in [2.45, 2.75) is 13.0 Å². The number of anilines is 1. The molecule has 0 unspecified atom stereocenters. The number of carbonyl (C=O) groups is 1. The van der Waals surface area contributed by atoms with Crippen molar-refractivity contribution < 1.29 is 18.7 Å². The number of para-hydroxylation sites is 2. The number of nitrogens with two attached hydrogens (primary N) is 1. The summed E-state index contributed by atoms with van der Waals surface area (Å²) in [7, 11) is 1.52. The second-order valence-corrected chi connectivity index (χ2v) is 6.63. The maximum Gasteiger partial charge on any atom is 0.344 e. The number of halogens is 1. The third-order valence-electron chi connectivity index (χ3n) is 4.48. The largest absolute Gasteiger partial charge is 0.456 e. The number of methoxy groups -OCH3 is 1. The quantitative estimate of drug-likeness (QED) is 0.521. The molecule has 0 bridgehead atoms. The molecule has 0 radical (unpaired) electrons. The van der Waals surface area contributed by atoms with Gasteiger partial charge >= 0.3 is 5.97 Å². The first kappa shape index (κ1) is 18.8. The van der Waals surface area contributed by atoms with E-state index in [0.29, 0.717) is 27.9 Å². The minimum atomic E-state index is -0.642. The molecule has 7 nitrogen and oxygen atoms in total. The molecule has 0 fully saturated rings. The smallest absolute Gasteiger partial charge is 0.344 e. The van der Waals surface area contributed by atoms with E-state index in [1.807, 2.05) is 12.1 Å². The fourth-order valence-corrected chi connectivity index (χ4v) is 3.25. The van der Waals surface area contributed by atoms with Crippen LogP contribution in [0, 0.1) is 5.82 Å². The zero-order valence-corrected chi connectivity index (χ0v) is 15.9. The summed E-state index contributed by atoms with van der Waals surface area (Å²) in [5.74, 6) is -0.998. The lowest BCUT2D eigenvalue weighted by Gasteiger charge is -2.12. The number of hydrogen-bond acceptors (Lipinski definition) is 6. The predicted octanol–water partition coefficient (Wildman–Crippen LogP) is 3.49. The summed E-state index contributed by atoms with van der Waals surface area (Å²) >= 11 is 0. The lowest BCUT2D eigenvalue weighted by molar-refractivity contribution is 0.0123. The minimum Gasteiger partial charge on any atom is -0.456 e. The van der Waals surface area contributed by atoms with Crippen molar-refractivity contribution in [1.29, 1.82) is 0 Å². The zero-order valence-electron chi connectivity index (χ0n) is 15.9. The Hall–Kier alpha value is -3.52. The minimum absolute atomic E-state index is 0.0792. The first-order valence-corrected chi connectivity index (χ1v) is 9.02. The van der Waals surface area contributed by atoms with E-state index in [1.54, 1.807) is 31.2 Å². The number of aromatic nitrogens is 3. The molecule has 4 aromatic rings. The van der Waals surface area contributed by atoms with E-state index in [4.69, 9.17) is 15.2 Å². The number of nitrogens with zero attached hydrogens (tertiary/aromatic N) is 3. The van der Waals surface area contributed by atoms with Gasteiger partial charge in [-0.15, -0.1) is 0 Å². The molecule has 2 aromatic heterocycles. The Balaban J connectivity index is 1.98. The van der Waals surface area contributed by atoms with Crippen LogP contribution in [0.15, 0.2) is 48.5 Å². The van der Waals surface area contributed by atoms with Crippen molar-refractivity contribution >= 4 is 34.0 Å². The molecule has 8 heteroatoms. The number of nitrogen functional groups attached to an aromatic ring is 1. The van der Waals surface area contributed by atoms with Crippen LogP contribution in [-0.2, 0) is 9.47 Å². The third kappa shape index (κ3) is 3.38. The summed E-state index contributed by atoms with van der Waals surface area (Å²) in [6.07, 6.45) is -0.479. The van der Waals surface area contributed by atoms with Crippen LogP contribution in [0.2, 0.25) is 0 Å². The van der Waals surface area contributed by atoms with Crippen molar-refractivity contribution in [2.75, 3.05) is 19.5 Å². The van der Waals surface area contributed by atoms with Crippen LogP contribution in [0.3, 0.4) is 0 Å². The van der Waals surface area contributed by atoms with Crippen LogP contribution in [-0.4, -0.2) is 40.3 Å². The Kier molecular flexibility index (Phi) is 4.85. The highest BCUT2D eigenvalue weighted by Gasteiger charge is 2.27. The van der Waals surface area contributed by atoms with Crippen LogP contribution in [0.25, 0.3) is 27.9 Å². The van der Waals surface area contributed by atoms with Gasteiger partial charge < -0.3 is 15.2 Å². The number of rotatable bonds is 5. The van der Waals surface area contributed by atoms with Gasteiger partial charge in [0.2, 0.25) is 0 Å². The predicted molar refractivity (Wildman–Crippen MR) is 107 cm³/mol. The van der Waals surface area contributed by atoms with Gasteiger partial charge in [0.15, 0.2) is 5.65 Å². The SMILES string of the molecule is COC[C@H](C)OC(=O)c1c(N)n(-c2cccc(F)c2)c2nc3ccccc3nc12. The molecule has 0 aliphatic carbocycles. The fourth-order valence-electron chi connectivity index (χ4n) is 3.25. The molecule has 4 rings (SSSR count). The summed E-state index contributed by atoms with van der Waals surface area (Å²) in [5, 5.41) is 0. The molecule has 0 aliphatic rings. The topological polar surface area (TPSA) is 92.3 Å². The first-order valence-electron chi connectivity index (χ1n) is 9.02. The maximum atomic E-state index is 13.9. The highest BCUT2D eigenvalue weighted by molar-refractivity contribution is 6.09. The van der Waals surface area contributed by atoms with Crippen LogP contribution < -0.4 is 5.73 Å². The fraction of sp³-hybridized carbons (Fsp3) is 0.190. The van der Waals surface area contributed by atoms with Crippen LogP contribution in [0.5, 0.6) is 0 Å². The van der Waals surface area contributed by atoms with Crippen molar-refractivity contribution in [1.82, 2.24) is 14.5 Å². The zero-order chi connectivity index (χ0) is 20.5. The van der Waals surface area contributed by atoms with Crippen LogP contribution in [0.1, 0.15) is 17.3 Å². The number of fused-ring (bicyclic) bond motifs is 2. The number of benzene rings is 2. The van der Waals surface area contributed by atoms with E-state index in [2.05, 4.69) is 9.97 Å². The molecule has 2 heterocycles. The van der Waals surface area contributed by atoms with E-state index >= 15 is 0 Å². The molecular weight excluding hydrogens is 375 g/mol. The lowest BCUT2D eigenvalue weighted by Crippen LogP contribution is -2.20. The second-order valence-electron chi connectivity index (χ2n) is 6.63. The number of hydrogen-bond donors (Lipinski definition) is 1. The van der Waals surface area contributed by atoms with Gasteiger partial charge in [-0.05, 0) is 37.3 Å². The highest BCUT2D eigenvalue weighted by Crippen LogP contribution is 2.31. The van der Waals surface area contributed by atoms with Crippen molar-refractivity contribution in [3.05, 3.63) is 59.9 Å². The number of carbonyl (C=O) groups excluding carboxylic acids is 1. The third-order valence-corrected chi connectivity index (χ3v) is 4.48. The van der Waals surface area contributed by atoms with E-state index in [1.165, 1.54) is 23.8 Å². The molecule has 0 saturated carbocycles. The molecular formula is C21H19FN4O3. The summed E-state index contributed by atoms with van der Waals surface area (Å²) in [6, 6.07) is 13.1.